The Morgan fingerprint density at radius 2 is 1.69 bits per heavy atom. The van der Waals surface area contributed by atoms with Gasteiger partial charge in [-0.2, -0.15) is 0 Å². The third kappa shape index (κ3) is 4.70. The molecule has 0 radical (unpaired) electrons. The van der Waals surface area contributed by atoms with E-state index in [4.69, 9.17) is 0 Å². The highest BCUT2D eigenvalue weighted by atomic mass is 32.2. The Morgan fingerprint density at radius 3 is 2.31 bits per heavy atom. The van der Waals surface area contributed by atoms with Crippen LogP contribution in [0.15, 0.2) is 96.4 Å². The lowest BCUT2D eigenvalue weighted by Crippen LogP contribution is -2.31. The Labute approximate surface area is 169 Å². The Morgan fingerprint density at radius 1 is 1.00 bits per heavy atom. The summed E-state index contributed by atoms with van der Waals surface area (Å²) in [5, 5.41) is 2.60. The standard InChI is InChI=1S/C22H19FN2O3S/c1-2-15-25(29(27,28)21-9-4-3-5-10-21)20-13-11-17(12-14-20)22(26)24-19-8-6-7-18(23)16-19/h2-14,16H,1,15H2,(H,24,26). The number of benzene rings is 3. The summed E-state index contributed by atoms with van der Waals surface area (Å²) < 4.78 is 40.4. The summed E-state index contributed by atoms with van der Waals surface area (Å²) in [4.78, 5) is 12.5. The molecule has 3 aromatic carbocycles. The smallest absolute Gasteiger partial charge is 0.264 e. The van der Waals surface area contributed by atoms with Gasteiger partial charge in [-0.1, -0.05) is 30.3 Å². The van der Waals surface area contributed by atoms with E-state index < -0.39 is 21.7 Å². The van der Waals surface area contributed by atoms with Crippen LogP contribution in [-0.2, 0) is 10.0 Å². The van der Waals surface area contributed by atoms with Gasteiger partial charge in [0.25, 0.3) is 15.9 Å². The molecule has 0 atom stereocenters. The van der Waals surface area contributed by atoms with Crippen LogP contribution in [0, 0.1) is 5.82 Å². The van der Waals surface area contributed by atoms with Gasteiger partial charge in [0.2, 0.25) is 0 Å². The molecular weight excluding hydrogens is 391 g/mol. The van der Waals surface area contributed by atoms with Gasteiger partial charge >= 0.3 is 0 Å². The molecule has 3 rings (SSSR count). The van der Waals surface area contributed by atoms with Crippen LogP contribution in [0.1, 0.15) is 10.4 Å². The number of rotatable bonds is 7. The van der Waals surface area contributed by atoms with Crippen molar-refractivity contribution in [1.82, 2.24) is 0 Å². The quantitative estimate of drug-likeness (QED) is 0.585. The van der Waals surface area contributed by atoms with Crippen molar-refractivity contribution in [2.75, 3.05) is 16.2 Å². The van der Waals surface area contributed by atoms with Gasteiger partial charge < -0.3 is 5.32 Å². The van der Waals surface area contributed by atoms with Crippen molar-refractivity contribution in [2.24, 2.45) is 0 Å². The molecule has 0 aliphatic rings. The van der Waals surface area contributed by atoms with Crippen molar-refractivity contribution in [1.29, 1.82) is 0 Å². The second-order valence-electron chi connectivity index (χ2n) is 6.15. The van der Waals surface area contributed by atoms with Gasteiger partial charge in [-0.15, -0.1) is 6.58 Å². The fourth-order valence-corrected chi connectivity index (χ4v) is 4.18. The number of halogens is 1. The largest absolute Gasteiger partial charge is 0.322 e. The summed E-state index contributed by atoms with van der Waals surface area (Å²) in [6.07, 6.45) is 1.49. The van der Waals surface area contributed by atoms with Gasteiger partial charge in [0.05, 0.1) is 17.1 Å². The maximum atomic E-state index is 13.3. The highest BCUT2D eigenvalue weighted by Gasteiger charge is 2.23. The second kappa shape index (κ2) is 8.70. The topological polar surface area (TPSA) is 66.5 Å². The lowest BCUT2D eigenvalue weighted by Gasteiger charge is -2.23. The molecule has 1 N–H and O–H groups in total. The number of nitrogens with one attached hydrogen (secondary N) is 1. The number of carbonyl (C=O) groups is 1. The van der Waals surface area contributed by atoms with Crippen LogP contribution in [-0.4, -0.2) is 20.9 Å². The van der Waals surface area contributed by atoms with E-state index in [1.54, 1.807) is 36.4 Å². The normalized spacial score (nSPS) is 10.9. The molecule has 29 heavy (non-hydrogen) atoms. The van der Waals surface area contributed by atoms with E-state index in [-0.39, 0.29) is 11.4 Å². The Kier molecular flexibility index (Phi) is 6.09. The van der Waals surface area contributed by atoms with Gasteiger partial charge in [-0.25, -0.2) is 12.8 Å². The minimum atomic E-state index is -3.78. The molecule has 3 aromatic rings. The highest BCUT2D eigenvalue weighted by Crippen LogP contribution is 2.24. The molecule has 0 bridgehead atoms. The van der Waals surface area contributed by atoms with E-state index in [0.717, 1.165) is 0 Å². The Bertz CT molecular complexity index is 1110. The van der Waals surface area contributed by atoms with Crippen LogP contribution in [0.3, 0.4) is 0 Å². The zero-order valence-corrected chi connectivity index (χ0v) is 16.3. The van der Waals surface area contributed by atoms with Gasteiger partial charge in [0.1, 0.15) is 5.82 Å². The third-order valence-corrected chi connectivity index (χ3v) is 5.93. The Hall–Kier alpha value is -3.45. The van der Waals surface area contributed by atoms with Gasteiger partial charge in [-0.05, 0) is 54.6 Å². The number of hydrogen-bond donors (Lipinski definition) is 1. The van der Waals surface area contributed by atoms with E-state index in [1.807, 2.05) is 0 Å². The lowest BCUT2D eigenvalue weighted by molar-refractivity contribution is 0.102. The van der Waals surface area contributed by atoms with Gasteiger partial charge in [-0.3, -0.25) is 9.10 Å². The molecule has 0 unspecified atom stereocenters. The van der Waals surface area contributed by atoms with Crippen LogP contribution in [0.25, 0.3) is 0 Å². The first-order valence-electron chi connectivity index (χ1n) is 8.77. The van der Waals surface area contributed by atoms with Gasteiger partial charge in [0, 0.05) is 11.3 Å². The molecule has 0 heterocycles. The van der Waals surface area contributed by atoms with Gasteiger partial charge in [0.15, 0.2) is 0 Å². The molecule has 0 saturated heterocycles. The summed E-state index contributed by atoms with van der Waals surface area (Å²) in [5.41, 5.74) is 1.05. The molecule has 0 fully saturated rings. The molecule has 7 heteroatoms. The Balaban J connectivity index is 1.85. The summed E-state index contributed by atoms with van der Waals surface area (Å²) >= 11 is 0. The lowest BCUT2D eigenvalue weighted by atomic mass is 10.2. The first-order chi connectivity index (χ1) is 13.9. The summed E-state index contributed by atoms with van der Waals surface area (Å²) in [5.74, 6) is -0.882. The maximum absolute atomic E-state index is 13.3. The van der Waals surface area contributed by atoms with Crippen LogP contribution < -0.4 is 9.62 Å². The maximum Gasteiger partial charge on any atom is 0.264 e. The fraction of sp³-hybridized carbons (Fsp3) is 0.0455. The average Bonchev–Trinajstić information content (AvgIpc) is 2.73. The van der Waals surface area contributed by atoms with Crippen LogP contribution in [0.2, 0.25) is 0 Å². The first kappa shape index (κ1) is 20.3. The summed E-state index contributed by atoms with van der Waals surface area (Å²) in [6.45, 7) is 3.71. The monoisotopic (exact) mass is 410 g/mol. The predicted octanol–water partition coefficient (Wildman–Crippen LogP) is 4.46. The number of hydrogen-bond acceptors (Lipinski definition) is 3. The molecule has 5 nitrogen and oxygen atoms in total. The highest BCUT2D eigenvalue weighted by molar-refractivity contribution is 7.92. The average molecular weight is 410 g/mol. The summed E-state index contributed by atoms with van der Waals surface area (Å²) in [6, 6.07) is 19.8. The number of anilines is 2. The molecule has 0 aliphatic carbocycles. The minimum absolute atomic E-state index is 0.0755. The van der Waals surface area contributed by atoms with Crippen LogP contribution in [0.5, 0.6) is 0 Å². The third-order valence-electron chi connectivity index (χ3n) is 4.13. The minimum Gasteiger partial charge on any atom is -0.322 e. The SMILES string of the molecule is C=CCN(c1ccc(C(=O)Nc2cccc(F)c2)cc1)S(=O)(=O)c1ccccc1. The number of amides is 1. The van der Waals surface area contributed by atoms with E-state index >= 15 is 0 Å². The first-order valence-corrected chi connectivity index (χ1v) is 10.2. The molecule has 0 aliphatic heterocycles. The van der Waals surface area contributed by atoms with Crippen molar-refractivity contribution >= 4 is 27.3 Å². The number of carbonyl (C=O) groups excluding carboxylic acids is 1. The molecule has 0 saturated carbocycles. The van der Waals surface area contributed by atoms with Crippen molar-refractivity contribution in [3.8, 4) is 0 Å². The zero-order chi connectivity index (χ0) is 20.9. The molecule has 1 amide bonds. The number of nitrogens with zero attached hydrogens (tertiary/aromatic N) is 1. The fourth-order valence-electron chi connectivity index (χ4n) is 2.73. The number of sulfonamides is 1. The van der Waals surface area contributed by atoms with Crippen LogP contribution in [0.4, 0.5) is 15.8 Å². The van der Waals surface area contributed by atoms with Crippen LogP contribution >= 0.6 is 0 Å². The molecular formula is C22H19FN2O3S. The van der Waals surface area contributed by atoms with E-state index in [1.165, 1.54) is 52.8 Å². The van der Waals surface area contributed by atoms with Crippen molar-refractivity contribution in [3.05, 3.63) is 103 Å². The van der Waals surface area contributed by atoms with Crippen molar-refractivity contribution in [3.63, 3.8) is 0 Å². The molecule has 0 spiro atoms. The van der Waals surface area contributed by atoms with Crippen molar-refractivity contribution in [2.45, 2.75) is 4.90 Å². The molecule has 148 valence electrons. The molecule has 0 aromatic heterocycles. The summed E-state index contributed by atoms with van der Waals surface area (Å²) in [7, 11) is -3.78. The predicted molar refractivity (Wildman–Crippen MR) is 112 cm³/mol. The van der Waals surface area contributed by atoms with Crippen molar-refractivity contribution < 1.29 is 17.6 Å². The van der Waals surface area contributed by atoms with E-state index in [9.17, 15) is 17.6 Å². The second-order valence-corrected chi connectivity index (χ2v) is 8.01. The van der Waals surface area contributed by atoms with E-state index in [0.29, 0.717) is 16.9 Å². The zero-order valence-electron chi connectivity index (χ0n) is 15.5. The van der Waals surface area contributed by atoms with E-state index in [2.05, 4.69) is 11.9 Å².